The van der Waals surface area contributed by atoms with Crippen LogP contribution >= 0.6 is 11.3 Å². The average Bonchev–Trinajstić information content (AvgIpc) is 3.41. The van der Waals surface area contributed by atoms with Crippen molar-refractivity contribution >= 4 is 22.4 Å². The molecule has 3 aromatic heterocycles. The maximum absolute atomic E-state index is 12.3. The van der Waals surface area contributed by atoms with E-state index in [1.54, 1.807) is 12.4 Å². The number of aryl methyl sites for hydroxylation is 1. The van der Waals surface area contributed by atoms with Crippen LogP contribution < -0.4 is 5.32 Å². The Morgan fingerprint density at radius 3 is 2.89 bits per heavy atom. The smallest absolute Gasteiger partial charge is 0.259 e. The lowest BCUT2D eigenvalue weighted by molar-refractivity contribution is 0.102. The minimum Gasteiger partial charge on any atom is -0.298 e. The third kappa shape index (κ3) is 3.77. The summed E-state index contributed by atoms with van der Waals surface area (Å²) >= 11 is 1.40. The number of thiazole rings is 1. The molecule has 0 aromatic carbocycles. The zero-order chi connectivity index (χ0) is 18.8. The van der Waals surface area contributed by atoms with Crippen LogP contribution in [0.4, 0.5) is 5.13 Å². The zero-order valence-corrected chi connectivity index (χ0v) is 16.2. The summed E-state index contributed by atoms with van der Waals surface area (Å²) in [6.45, 7) is 4.02. The van der Waals surface area contributed by atoms with Gasteiger partial charge in [0.1, 0.15) is 0 Å². The number of carbonyl (C=O) groups excluding carboxylic acids is 1. The first-order valence-electron chi connectivity index (χ1n) is 9.00. The van der Waals surface area contributed by atoms with Gasteiger partial charge in [0.25, 0.3) is 5.91 Å². The highest BCUT2D eigenvalue weighted by Gasteiger charge is 2.28. The predicted molar refractivity (Wildman–Crippen MR) is 105 cm³/mol. The van der Waals surface area contributed by atoms with Crippen LogP contribution in [0.15, 0.2) is 36.1 Å². The van der Waals surface area contributed by atoms with Gasteiger partial charge in [-0.15, -0.1) is 11.3 Å². The fourth-order valence-corrected chi connectivity index (χ4v) is 3.98. The standard InChI is InChI=1S/C19H22N6OS/c1-13-15(11-22-24(13)2)12-25-8-3-4-17(25)16-6-5-14(10-21-16)18(26)23-19-20-7-9-27-19/h5-7,9-11,17H,3-4,8,12H2,1-2H3,(H,20,23,26)/t17-/m1/s1. The lowest BCUT2D eigenvalue weighted by Gasteiger charge is -2.24. The Labute approximate surface area is 162 Å². The maximum Gasteiger partial charge on any atom is 0.259 e. The third-order valence-corrected chi connectivity index (χ3v) is 5.81. The van der Waals surface area contributed by atoms with E-state index in [0.717, 1.165) is 31.6 Å². The Bertz CT molecular complexity index is 918. The molecule has 4 heterocycles. The molecule has 0 bridgehead atoms. The second-order valence-corrected chi connectivity index (χ2v) is 7.67. The molecule has 1 aliphatic rings. The molecule has 1 N–H and O–H groups in total. The summed E-state index contributed by atoms with van der Waals surface area (Å²) in [4.78, 5) is 23.4. The lowest BCUT2D eigenvalue weighted by atomic mass is 10.1. The van der Waals surface area contributed by atoms with Gasteiger partial charge in [0, 0.05) is 42.6 Å². The van der Waals surface area contributed by atoms with Crippen molar-refractivity contribution in [2.24, 2.45) is 7.05 Å². The van der Waals surface area contributed by atoms with Crippen molar-refractivity contribution in [3.63, 3.8) is 0 Å². The fraction of sp³-hybridized carbons (Fsp3) is 0.368. The van der Waals surface area contributed by atoms with E-state index >= 15 is 0 Å². The van der Waals surface area contributed by atoms with Gasteiger partial charge >= 0.3 is 0 Å². The molecular weight excluding hydrogens is 360 g/mol. The molecule has 27 heavy (non-hydrogen) atoms. The van der Waals surface area contributed by atoms with Crippen LogP contribution in [0.2, 0.25) is 0 Å². The minimum atomic E-state index is -0.182. The van der Waals surface area contributed by atoms with E-state index in [4.69, 9.17) is 0 Å². The molecular formula is C19H22N6OS. The van der Waals surface area contributed by atoms with Crippen LogP contribution in [-0.4, -0.2) is 37.1 Å². The molecule has 140 valence electrons. The van der Waals surface area contributed by atoms with Gasteiger partial charge in [0.15, 0.2) is 5.13 Å². The molecule has 0 radical (unpaired) electrons. The summed E-state index contributed by atoms with van der Waals surface area (Å²) in [5.41, 5.74) is 4.01. The van der Waals surface area contributed by atoms with E-state index < -0.39 is 0 Å². The van der Waals surface area contributed by atoms with E-state index in [2.05, 4.69) is 32.2 Å². The Balaban J connectivity index is 1.46. The molecule has 1 atom stereocenters. The van der Waals surface area contributed by atoms with E-state index in [1.165, 1.54) is 22.6 Å². The summed E-state index contributed by atoms with van der Waals surface area (Å²) in [7, 11) is 1.97. The summed E-state index contributed by atoms with van der Waals surface area (Å²) in [6, 6.07) is 4.09. The van der Waals surface area contributed by atoms with Gasteiger partial charge in [0.2, 0.25) is 0 Å². The first-order chi connectivity index (χ1) is 13.1. The highest BCUT2D eigenvalue weighted by Crippen LogP contribution is 2.32. The second-order valence-electron chi connectivity index (χ2n) is 6.77. The molecule has 1 saturated heterocycles. The number of carbonyl (C=O) groups is 1. The van der Waals surface area contributed by atoms with Gasteiger partial charge in [-0.25, -0.2) is 4.98 Å². The quantitative estimate of drug-likeness (QED) is 0.733. The van der Waals surface area contributed by atoms with Crippen molar-refractivity contribution < 1.29 is 4.79 Å². The van der Waals surface area contributed by atoms with Crippen molar-refractivity contribution in [2.45, 2.75) is 32.4 Å². The third-order valence-electron chi connectivity index (χ3n) is 5.12. The molecule has 8 heteroatoms. The van der Waals surface area contributed by atoms with Crippen LogP contribution in [0.1, 0.15) is 46.2 Å². The zero-order valence-electron chi connectivity index (χ0n) is 15.4. The highest BCUT2D eigenvalue weighted by atomic mass is 32.1. The van der Waals surface area contributed by atoms with Crippen LogP contribution in [0.5, 0.6) is 0 Å². The van der Waals surface area contributed by atoms with Gasteiger partial charge in [-0.2, -0.15) is 5.10 Å². The molecule has 0 unspecified atom stereocenters. The monoisotopic (exact) mass is 382 g/mol. The number of anilines is 1. The number of hydrogen-bond donors (Lipinski definition) is 1. The van der Waals surface area contributed by atoms with Gasteiger partial charge in [0.05, 0.1) is 23.5 Å². The van der Waals surface area contributed by atoms with E-state index in [-0.39, 0.29) is 11.9 Å². The molecule has 4 rings (SSSR count). The molecule has 7 nitrogen and oxygen atoms in total. The number of nitrogens with one attached hydrogen (secondary N) is 1. The second kappa shape index (κ2) is 7.58. The first-order valence-corrected chi connectivity index (χ1v) is 9.88. The van der Waals surface area contributed by atoms with E-state index in [1.807, 2.05) is 35.4 Å². The molecule has 0 saturated carbocycles. The van der Waals surface area contributed by atoms with Crippen LogP contribution in [-0.2, 0) is 13.6 Å². The Morgan fingerprint density at radius 1 is 1.33 bits per heavy atom. The summed E-state index contributed by atoms with van der Waals surface area (Å²) in [6.07, 6.45) is 7.50. The Morgan fingerprint density at radius 2 is 2.22 bits per heavy atom. The highest BCUT2D eigenvalue weighted by molar-refractivity contribution is 7.13. The maximum atomic E-state index is 12.3. The van der Waals surface area contributed by atoms with E-state index in [0.29, 0.717) is 10.7 Å². The van der Waals surface area contributed by atoms with Crippen molar-refractivity contribution in [1.29, 1.82) is 0 Å². The number of amides is 1. The Hall–Kier alpha value is -2.58. The van der Waals surface area contributed by atoms with Crippen molar-refractivity contribution in [1.82, 2.24) is 24.6 Å². The largest absolute Gasteiger partial charge is 0.298 e. The fourth-order valence-electron chi connectivity index (χ4n) is 3.46. The molecule has 1 fully saturated rings. The molecule has 0 aliphatic carbocycles. The van der Waals surface area contributed by atoms with Crippen molar-refractivity contribution in [3.8, 4) is 0 Å². The minimum absolute atomic E-state index is 0.182. The van der Waals surface area contributed by atoms with Gasteiger partial charge in [-0.3, -0.25) is 24.7 Å². The molecule has 1 amide bonds. The number of likely N-dealkylation sites (tertiary alicyclic amines) is 1. The summed E-state index contributed by atoms with van der Waals surface area (Å²) < 4.78 is 1.91. The van der Waals surface area contributed by atoms with Gasteiger partial charge < -0.3 is 0 Å². The van der Waals surface area contributed by atoms with Crippen LogP contribution in [0, 0.1) is 6.92 Å². The number of hydrogen-bond acceptors (Lipinski definition) is 6. The number of nitrogens with zero attached hydrogens (tertiary/aromatic N) is 5. The van der Waals surface area contributed by atoms with Gasteiger partial charge in [-0.05, 0) is 38.4 Å². The lowest BCUT2D eigenvalue weighted by Crippen LogP contribution is -2.24. The molecule has 1 aliphatic heterocycles. The molecule has 3 aromatic rings. The number of aromatic nitrogens is 4. The molecule has 0 spiro atoms. The normalized spacial score (nSPS) is 17.3. The van der Waals surface area contributed by atoms with Crippen molar-refractivity contribution in [2.75, 3.05) is 11.9 Å². The van der Waals surface area contributed by atoms with E-state index in [9.17, 15) is 4.79 Å². The van der Waals surface area contributed by atoms with Crippen molar-refractivity contribution in [3.05, 3.63) is 58.6 Å². The SMILES string of the molecule is Cc1c(CN2CCC[C@@H]2c2ccc(C(=O)Nc3nccs3)cn2)cnn1C. The first kappa shape index (κ1) is 17.8. The summed E-state index contributed by atoms with van der Waals surface area (Å²) in [5, 5.41) is 9.55. The number of pyridine rings is 1. The Kier molecular flexibility index (Phi) is 5.00. The van der Waals surface area contributed by atoms with Crippen LogP contribution in [0.3, 0.4) is 0 Å². The van der Waals surface area contributed by atoms with Gasteiger partial charge in [-0.1, -0.05) is 0 Å². The summed E-state index contributed by atoms with van der Waals surface area (Å²) in [5.74, 6) is -0.182. The van der Waals surface area contributed by atoms with Crippen LogP contribution in [0.25, 0.3) is 0 Å². The predicted octanol–water partition coefficient (Wildman–Crippen LogP) is 3.17. The average molecular weight is 382 g/mol. The topological polar surface area (TPSA) is 75.9 Å². The number of rotatable bonds is 5.